The number of amides is 1. The van der Waals surface area contributed by atoms with Crippen LogP contribution in [-0.4, -0.2) is 32.7 Å². The molecule has 0 radical (unpaired) electrons. The molecule has 1 amide bonds. The molecule has 1 saturated heterocycles. The van der Waals surface area contributed by atoms with Crippen LogP contribution in [0.2, 0.25) is 5.02 Å². The van der Waals surface area contributed by atoms with Crippen molar-refractivity contribution in [1.82, 2.24) is 4.90 Å². The van der Waals surface area contributed by atoms with Crippen LogP contribution in [0, 0.1) is 5.92 Å². The summed E-state index contributed by atoms with van der Waals surface area (Å²) in [6.07, 6.45) is 1.98. The van der Waals surface area contributed by atoms with Crippen molar-refractivity contribution in [2.24, 2.45) is 5.92 Å². The molecule has 2 heterocycles. The van der Waals surface area contributed by atoms with Crippen molar-refractivity contribution >= 4 is 57.9 Å². The second-order valence-electron chi connectivity index (χ2n) is 6.04. The van der Waals surface area contributed by atoms with E-state index in [1.807, 2.05) is 18.2 Å². The Kier molecular flexibility index (Phi) is 6.04. The van der Waals surface area contributed by atoms with E-state index < -0.39 is 11.9 Å². The summed E-state index contributed by atoms with van der Waals surface area (Å²) in [5.74, 6) is -0.541. The van der Waals surface area contributed by atoms with Gasteiger partial charge in [-0.25, -0.2) is 0 Å². The highest BCUT2D eigenvalue weighted by molar-refractivity contribution is 8.26. The Morgan fingerprint density at radius 3 is 2.81 bits per heavy atom. The number of carbonyl (C=O) groups is 2. The van der Waals surface area contributed by atoms with E-state index in [-0.39, 0.29) is 12.5 Å². The molecule has 8 heteroatoms. The zero-order valence-electron chi connectivity index (χ0n) is 14.3. The maximum atomic E-state index is 12.6. The number of aliphatic carboxylic acids is 1. The number of carbonyl (C=O) groups excluding carboxylic acids is 1. The van der Waals surface area contributed by atoms with Gasteiger partial charge < -0.3 is 9.52 Å². The summed E-state index contributed by atoms with van der Waals surface area (Å²) in [4.78, 5) is 25.4. The highest BCUT2D eigenvalue weighted by Crippen LogP contribution is 2.35. The predicted molar refractivity (Wildman–Crippen MR) is 110 cm³/mol. The number of nitrogens with zero attached hydrogens (tertiary/aromatic N) is 1. The summed E-state index contributed by atoms with van der Waals surface area (Å²) >= 11 is 12.6. The van der Waals surface area contributed by atoms with Gasteiger partial charge in [-0.15, -0.1) is 0 Å². The third-order valence-corrected chi connectivity index (χ3v) is 5.83. The molecule has 1 aliphatic rings. The topological polar surface area (TPSA) is 70.8 Å². The van der Waals surface area contributed by atoms with Gasteiger partial charge in [-0.1, -0.05) is 54.6 Å². The average molecular weight is 422 g/mol. The van der Waals surface area contributed by atoms with Crippen molar-refractivity contribution in [1.29, 1.82) is 0 Å². The van der Waals surface area contributed by atoms with Gasteiger partial charge in [0.25, 0.3) is 5.91 Å². The van der Waals surface area contributed by atoms with Crippen molar-refractivity contribution in [2.45, 2.75) is 13.3 Å². The van der Waals surface area contributed by atoms with Crippen LogP contribution in [-0.2, 0) is 9.59 Å². The first kappa shape index (κ1) is 19.7. The second kappa shape index (κ2) is 8.29. The van der Waals surface area contributed by atoms with Crippen molar-refractivity contribution in [3.63, 3.8) is 0 Å². The van der Waals surface area contributed by atoms with E-state index in [0.29, 0.717) is 32.2 Å². The Bertz CT molecular complexity index is 937. The summed E-state index contributed by atoms with van der Waals surface area (Å²) in [6.45, 7) is 1.88. The van der Waals surface area contributed by atoms with Crippen molar-refractivity contribution in [3.05, 3.63) is 52.1 Å². The van der Waals surface area contributed by atoms with Crippen molar-refractivity contribution < 1.29 is 19.1 Å². The molecule has 0 spiro atoms. The number of hydrogen-bond donors (Lipinski definition) is 1. The number of hydrogen-bond acceptors (Lipinski definition) is 5. The Balaban J connectivity index is 1.75. The van der Waals surface area contributed by atoms with Crippen LogP contribution in [0.3, 0.4) is 0 Å². The van der Waals surface area contributed by atoms with Crippen LogP contribution in [0.15, 0.2) is 45.7 Å². The maximum Gasteiger partial charge on any atom is 0.306 e. The zero-order chi connectivity index (χ0) is 19.6. The fourth-order valence-electron chi connectivity index (χ4n) is 2.50. The van der Waals surface area contributed by atoms with E-state index >= 15 is 0 Å². The number of thioether (sulfide) groups is 1. The molecule has 1 aromatic heterocycles. The molecule has 2 aromatic rings. The van der Waals surface area contributed by atoms with Gasteiger partial charge in [0.15, 0.2) is 0 Å². The van der Waals surface area contributed by atoms with Crippen LogP contribution in [0.4, 0.5) is 0 Å². The van der Waals surface area contributed by atoms with E-state index in [2.05, 4.69) is 0 Å². The number of halogens is 1. The van der Waals surface area contributed by atoms with Crippen LogP contribution < -0.4 is 0 Å². The molecule has 1 aliphatic heterocycles. The van der Waals surface area contributed by atoms with Crippen LogP contribution in [0.25, 0.3) is 17.4 Å². The lowest BCUT2D eigenvalue weighted by Gasteiger charge is -2.15. The summed E-state index contributed by atoms with van der Waals surface area (Å²) in [5.41, 5.74) is 0.772. The Morgan fingerprint density at radius 1 is 1.37 bits per heavy atom. The molecular weight excluding hydrogens is 406 g/mol. The minimum absolute atomic E-state index is 0.238. The number of carboxylic acid groups (broad SMARTS) is 1. The highest BCUT2D eigenvalue weighted by atomic mass is 35.5. The summed E-state index contributed by atoms with van der Waals surface area (Å²) in [7, 11) is 0. The first-order valence-corrected chi connectivity index (χ1v) is 9.80. The van der Waals surface area contributed by atoms with Gasteiger partial charge in [-0.05, 0) is 30.7 Å². The quantitative estimate of drug-likeness (QED) is 0.527. The molecule has 0 bridgehead atoms. The van der Waals surface area contributed by atoms with Crippen LogP contribution in [0.5, 0.6) is 0 Å². The fourth-order valence-corrected chi connectivity index (χ4v) is 4.02. The summed E-state index contributed by atoms with van der Waals surface area (Å²) in [6, 6.07) is 10.9. The zero-order valence-corrected chi connectivity index (χ0v) is 16.7. The SMILES string of the molecule is CC(CCN1C(=O)C(=Cc2ccc(-c3ccccc3Cl)o2)SC1=S)C(=O)O. The highest BCUT2D eigenvalue weighted by Gasteiger charge is 2.32. The van der Waals surface area contributed by atoms with Crippen LogP contribution in [0.1, 0.15) is 19.1 Å². The first-order chi connectivity index (χ1) is 12.9. The lowest BCUT2D eigenvalue weighted by Crippen LogP contribution is -2.31. The molecular formula is C19H16ClNO4S2. The van der Waals surface area contributed by atoms with E-state index in [1.54, 1.807) is 31.2 Å². The molecule has 1 N–H and O–H groups in total. The van der Waals surface area contributed by atoms with E-state index in [0.717, 1.165) is 5.56 Å². The Morgan fingerprint density at radius 2 is 2.11 bits per heavy atom. The molecule has 3 rings (SSSR count). The van der Waals surface area contributed by atoms with Crippen LogP contribution >= 0.6 is 35.6 Å². The number of benzene rings is 1. The lowest BCUT2D eigenvalue weighted by molar-refractivity contribution is -0.141. The number of furan rings is 1. The van der Waals surface area contributed by atoms with E-state index in [1.165, 1.54) is 16.7 Å². The van der Waals surface area contributed by atoms with E-state index in [9.17, 15) is 9.59 Å². The van der Waals surface area contributed by atoms with Gasteiger partial charge in [-0.2, -0.15) is 0 Å². The number of carboxylic acids is 1. The molecule has 1 atom stereocenters. The Hall–Kier alpha value is -2.09. The van der Waals surface area contributed by atoms with E-state index in [4.69, 9.17) is 33.3 Å². The Labute approximate surface area is 171 Å². The van der Waals surface area contributed by atoms with Gasteiger partial charge in [0.05, 0.1) is 15.8 Å². The minimum atomic E-state index is -0.890. The average Bonchev–Trinajstić information content (AvgIpc) is 3.19. The summed E-state index contributed by atoms with van der Waals surface area (Å²) in [5, 5.41) is 9.56. The number of rotatable bonds is 6. The molecule has 5 nitrogen and oxygen atoms in total. The minimum Gasteiger partial charge on any atom is -0.481 e. The molecule has 0 aliphatic carbocycles. The lowest BCUT2D eigenvalue weighted by atomic mass is 10.1. The van der Waals surface area contributed by atoms with Crippen molar-refractivity contribution in [2.75, 3.05) is 6.54 Å². The largest absolute Gasteiger partial charge is 0.481 e. The van der Waals surface area contributed by atoms with Crippen molar-refractivity contribution in [3.8, 4) is 11.3 Å². The molecule has 140 valence electrons. The molecule has 1 aromatic carbocycles. The molecule has 0 saturated carbocycles. The first-order valence-electron chi connectivity index (χ1n) is 8.19. The number of thiocarbonyl (C=S) groups is 1. The molecule has 1 unspecified atom stereocenters. The smallest absolute Gasteiger partial charge is 0.306 e. The van der Waals surface area contributed by atoms with Gasteiger partial charge in [0.2, 0.25) is 0 Å². The molecule has 1 fully saturated rings. The summed E-state index contributed by atoms with van der Waals surface area (Å²) < 4.78 is 6.21. The standard InChI is InChI=1S/C19H16ClNO4S2/c1-11(18(23)24)8-9-21-17(22)16(27-19(21)26)10-12-6-7-15(25-12)13-4-2-3-5-14(13)20/h2-7,10-11H,8-9H2,1H3,(H,23,24). The normalized spacial score (nSPS) is 17.0. The predicted octanol–water partition coefficient (Wildman–Crippen LogP) is 4.91. The van der Waals surface area contributed by atoms with Gasteiger partial charge in [-0.3, -0.25) is 14.5 Å². The second-order valence-corrected chi connectivity index (χ2v) is 8.13. The third kappa shape index (κ3) is 4.43. The fraction of sp³-hybridized carbons (Fsp3) is 0.211. The van der Waals surface area contributed by atoms with Gasteiger partial charge >= 0.3 is 5.97 Å². The van der Waals surface area contributed by atoms with Gasteiger partial charge in [0.1, 0.15) is 15.8 Å². The van der Waals surface area contributed by atoms with Gasteiger partial charge in [0, 0.05) is 18.2 Å². The molecule has 27 heavy (non-hydrogen) atoms. The monoisotopic (exact) mass is 421 g/mol. The third-order valence-electron chi connectivity index (χ3n) is 4.12. The maximum absolute atomic E-state index is 12.6.